The van der Waals surface area contributed by atoms with Gasteiger partial charge in [-0.05, 0) is 34.6 Å². The van der Waals surface area contributed by atoms with Crippen molar-refractivity contribution in [2.75, 3.05) is 0 Å². The standard InChI is InChI=1S/C17H16S/c1-12(2)13-7-9-14(10-8-13)17-11-15-5-3-4-6-16(15)18-17/h3-12H,1-2H3. The summed E-state index contributed by atoms with van der Waals surface area (Å²) < 4.78 is 1.36. The van der Waals surface area contributed by atoms with E-state index in [-0.39, 0.29) is 0 Å². The molecule has 0 N–H and O–H groups in total. The van der Waals surface area contributed by atoms with E-state index in [1.165, 1.54) is 26.1 Å². The number of rotatable bonds is 2. The van der Waals surface area contributed by atoms with E-state index in [0.29, 0.717) is 5.92 Å². The highest BCUT2D eigenvalue weighted by Gasteiger charge is 2.04. The van der Waals surface area contributed by atoms with Crippen LogP contribution < -0.4 is 0 Å². The second kappa shape index (κ2) is 4.58. The molecule has 1 heterocycles. The third-order valence-corrected chi connectivity index (χ3v) is 4.45. The van der Waals surface area contributed by atoms with Gasteiger partial charge in [0.25, 0.3) is 0 Å². The predicted octanol–water partition coefficient (Wildman–Crippen LogP) is 5.69. The lowest BCUT2D eigenvalue weighted by Crippen LogP contribution is -1.85. The molecule has 0 spiro atoms. The predicted molar refractivity (Wildman–Crippen MR) is 81.4 cm³/mol. The lowest BCUT2D eigenvalue weighted by molar-refractivity contribution is 0.867. The molecule has 0 fully saturated rings. The summed E-state index contributed by atoms with van der Waals surface area (Å²) in [7, 11) is 0. The van der Waals surface area contributed by atoms with Gasteiger partial charge in [0.05, 0.1) is 0 Å². The Hall–Kier alpha value is -1.60. The topological polar surface area (TPSA) is 0 Å². The van der Waals surface area contributed by atoms with Crippen LogP contribution in [0.4, 0.5) is 0 Å². The van der Waals surface area contributed by atoms with Gasteiger partial charge in [0, 0.05) is 9.58 Å². The molecular weight excluding hydrogens is 236 g/mol. The first-order valence-electron chi connectivity index (χ1n) is 6.33. The molecule has 0 nitrogen and oxygen atoms in total. The van der Waals surface area contributed by atoms with Crippen LogP contribution in [0, 0.1) is 0 Å². The summed E-state index contributed by atoms with van der Waals surface area (Å²) in [5, 5.41) is 1.34. The van der Waals surface area contributed by atoms with Crippen LogP contribution >= 0.6 is 11.3 Å². The highest BCUT2D eigenvalue weighted by atomic mass is 32.1. The van der Waals surface area contributed by atoms with Gasteiger partial charge in [0.2, 0.25) is 0 Å². The van der Waals surface area contributed by atoms with Crippen molar-refractivity contribution < 1.29 is 0 Å². The average molecular weight is 252 g/mol. The Labute approximate surface area is 112 Å². The number of fused-ring (bicyclic) bond motifs is 1. The van der Waals surface area contributed by atoms with Crippen LogP contribution in [-0.2, 0) is 0 Å². The SMILES string of the molecule is CC(C)c1ccc(-c2cc3ccccc3s2)cc1. The molecule has 1 heteroatoms. The van der Waals surface area contributed by atoms with E-state index in [9.17, 15) is 0 Å². The van der Waals surface area contributed by atoms with E-state index in [0.717, 1.165) is 0 Å². The summed E-state index contributed by atoms with van der Waals surface area (Å²) in [6.45, 7) is 4.46. The summed E-state index contributed by atoms with van der Waals surface area (Å²) in [6, 6.07) is 19.8. The van der Waals surface area contributed by atoms with E-state index < -0.39 is 0 Å². The Morgan fingerprint density at radius 1 is 0.889 bits per heavy atom. The van der Waals surface area contributed by atoms with E-state index in [4.69, 9.17) is 0 Å². The van der Waals surface area contributed by atoms with Gasteiger partial charge >= 0.3 is 0 Å². The van der Waals surface area contributed by atoms with Crippen molar-refractivity contribution in [2.24, 2.45) is 0 Å². The van der Waals surface area contributed by atoms with Gasteiger partial charge in [-0.15, -0.1) is 11.3 Å². The van der Waals surface area contributed by atoms with Crippen LogP contribution in [0.15, 0.2) is 54.6 Å². The maximum absolute atomic E-state index is 2.28. The van der Waals surface area contributed by atoms with Crippen LogP contribution in [-0.4, -0.2) is 0 Å². The zero-order valence-electron chi connectivity index (χ0n) is 10.7. The average Bonchev–Trinajstić information content (AvgIpc) is 2.82. The van der Waals surface area contributed by atoms with Gasteiger partial charge in [-0.2, -0.15) is 0 Å². The van der Waals surface area contributed by atoms with Gasteiger partial charge < -0.3 is 0 Å². The minimum absolute atomic E-state index is 0.599. The molecule has 1 aromatic heterocycles. The quantitative estimate of drug-likeness (QED) is 0.549. The maximum Gasteiger partial charge on any atom is 0.0355 e. The summed E-state index contributed by atoms with van der Waals surface area (Å²) in [4.78, 5) is 1.35. The van der Waals surface area contributed by atoms with E-state index in [1.807, 2.05) is 11.3 Å². The van der Waals surface area contributed by atoms with Crippen molar-refractivity contribution in [1.82, 2.24) is 0 Å². The molecule has 2 aromatic carbocycles. The van der Waals surface area contributed by atoms with Gasteiger partial charge in [0.1, 0.15) is 0 Å². The van der Waals surface area contributed by atoms with Crippen molar-refractivity contribution >= 4 is 21.4 Å². The molecule has 0 aliphatic carbocycles. The normalized spacial score (nSPS) is 11.3. The number of hydrogen-bond acceptors (Lipinski definition) is 1. The van der Waals surface area contributed by atoms with Crippen molar-refractivity contribution in [3.05, 3.63) is 60.2 Å². The maximum atomic E-state index is 2.28. The molecule has 0 radical (unpaired) electrons. The molecule has 0 aliphatic rings. The second-order valence-electron chi connectivity index (χ2n) is 4.93. The Morgan fingerprint density at radius 3 is 2.28 bits per heavy atom. The molecule has 90 valence electrons. The first-order chi connectivity index (χ1) is 8.74. The third kappa shape index (κ3) is 2.06. The first kappa shape index (κ1) is 11.5. The fourth-order valence-corrected chi connectivity index (χ4v) is 3.22. The monoisotopic (exact) mass is 252 g/mol. The minimum Gasteiger partial charge on any atom is -0.135 e. The second-order valence-corrected chi connectivity index (χ2v) is 6.01. The number of hydrogen-bond donors (Lipinski definition) is 0. The smallest absolute Gasteiger partial charge is 0.0355 e. The highest BCUT2D eigenvalue weighted by Crippen LogP contribution is 2.33. The molecule has 0 saturated heterocycles. The van der Waals surface area contributed by atoms with Gasteiger partial charge in [-0.3, -0.25) is 0 Å². The van der Waals surface area contributed by atoms with Crippen LogP contribution in [0.3, 0.4) is 0 Å². The molecule has 0 bridgehead atoms. The Bertz CT molecular complexity index is 626. The fraction of sp³-hybridized carbons (Fsp3) is 0.176. The number of benzene rings is 2. The molecule has 3 rings (SSSR count). The van der Waals surface area contributed by atoms with E-state index in [2.05, 4.69) is 68.4 Å². The molecule has 3 aromatic rings. The van der Waals surface area contributed by atoms with E-state index >= 15 is 0 Å². The third-order valence-electron chi connectivity index (χ3n) is 3.29. The molecule has 0 saturated carbocycles. The zero-order chi connectivity index (χ0) is 12.5. The van der Waals surface area contributed by atoms with Gasteiger partial charge in [0.15, 0.2) is 0 Å². The summed E-state index contributed by atoms with van der Waals surface area (Å²) in [6.07, 6.45) is 0. The Balaban J connectivity index is 2.03. The van der Waals surface area contributed by atoms with Crippen LogP contribution in [0.2, 0.25) is 0 Å². The van der Waals surface area contributed by atoms with Crippen molar-refractivity contribution in [1.29, 1.82) is 0 Å². The molecule has 0 atom stereocenters. The molecule has 0 amide bonds. The first-order valence-corrected chi connectivity index (χ1v) is 7.14. The summed E-state index contributed by atoms with van der Waals surface area (Å²) in [5.74, 6) is 0.599. The lowest BCUT2D eigenvalue weighted by atomic mass is 10.0. The Morgan fingerprint density at radius 2 is 1.61 bits per heavy atom. The van der Waals surface area contributed by atoms with E-state index in [1.54, 1.807) is 0 Å². The molecule has 0 unspecified atom stereocenters. The van der Waals surface area contributed by atoms with Gasteiger partial charge in [-0.1, -0.05) is 56.3 Å². The number of thiophene rings is 1. The minimum atomic E-state index is 0.599. The summed E-state index contributed by atoms with van der Waals surface area (Å²) in [5.41, 5.74) is 2.72. The van der Waals surface area contributed by atoms with Crippen molar-refractivity contribution in [2.45, 2.75) is 19.8 Å². The molecular formula is C17H16S. The molecule has 18 heavy (non-hydrogen) atoms. The largest absolute Gasteiger partial charge is 0.135 e. The van der Waals surface area contributed by atoms with Crippen LogP contribution in [0.25, 0.3) is 20.5 Å². The van der Waals surface area contributed by atoms with Crippen LogP contribution in [0.5, 0.6) is 0 Å². The van der Waals surface area contributed by atoms with Gasteiger partial charge in [-0.25, -0.2) is 0 Å². The van der Waals surface area contributed by atoms with Crippen molar-refractivity contribution in [3.63, 3.8) is 0 Å². The fourth-order valence-electron chi connectivity index (χ4n) is 2.16. The molecule has 0 aliphatic heterocycles. The van der Waals surface area contributed by atoms with Crippen LogP contribution in [0.1, 0.15) is 25.3 Å². The zero-order valence-corrected chi connectivity index (χ0v) is 11.5. The summed E-state index contributed by atoms with van der Waals surface area (Å²) >= 11 is 1.86. The highest BCUT2D eigenvalue weighted by molar-refractivity contribution is 7.22. The lowest BCUT2D eigenvalue weighted by Gasteiger charge is -2.05. The van der Waals surface area contributed by atoms with Crippen molar-refractivity contribution in [3.8, 4) is 10.4 Å². The Kier molecular flexibility index (Phi) is 2.92.